The number of aliphatic hydroxyl groups is 2. The van der Waals surface area contributed by atoms with Gasteiger partial charge in [-0.15, -0.1) is 0 Å². The smallest absolute Gasteiger partial charge is 0.318 e. The molecular weight excluding hydrogens is 612 g/mol. The molecule has 0 aliphatic carbocycles. The topological polar surface area (TPSA) is 124 Å². The molecule has 42 heavy (non-hydrogen) atoms. The van der Waals surface area contributed by atoms with Gasteiger partial charge in [0.15, 0.2) is 0 Å². The zero-order valence-electron chi connectivity index (χ0n) is 23.1. The van der Waals surface area contributed by atoms with E-state index >= 15 is 4.39 Å². The van der Waals surface area contributed by atoms with E-state index in [4.69, 9.17) is 4.74 Å². The number of hydrogen-bond acceptors (Lipinski definition) is 9. The van der Waals surface area contributed by atoms with Crippen LogP contribution in [0.25, 0.3) is 22.3 Å². The largest absolute Gasteiger partial charge is 0.467 e. The van der Waals surface area contributed by atoms with E-state index in [1.54, 1.807) is 36.5 Å². The van der Waals surface area contributed by atoms with Crippen LogP contribution in [0.5, 0.6) is 6.01 Å². The summed E-state index contributed by atoms with van der Waals surface area (Å²) in [4.78, 5) is 23.7. The number of hydrogen-bond donors (Lipinski definition) is 3. The van der Waals surface area contributed by atoms with Crippen LogP contribution in [0, 0.1) is 23.7 Å². The van der Waals surface area contributed by atoms with E-state index in [2.05, 4.69) is 40.8 Å². The van der Waals surface area contributed by atoms with Gasteiger partial charge in [0.2, 0.25) is 11.9 Å². The maximum atomic E-state index is 15.1. The number of piperidine rings is 2. The first kappa shape index (κ1) is 28.7. The molecule has 222 valence electrons. The molecule has 4 aromatic rings. The Morgan fingerprint density at radius 1 is 0.881 bits per heavy atom. The average Bonchev–Trinajstić information content (AvgIpc) is 3.45. The molecule has 2 atom stereocenters. The third-order valence-corrected chi connectivity index (χ3v) is 9.08. The Labute approximate surface area is 249 Å². The Morgan fingerprint density at radius 3 is 2.00 bits per heavy atom. The number of methoxy groups -OCH3 is 1. The molecule has 2 aliphatic rings. The lowest BCUT2D eigenvalue weighted by molar-refractivity contribution is -0.0573. The molecule has 2 saturated heterocycles. The summed E-state index contributed by atoms with van der Waals surface area (Å²) < 4.78 is 34.4. The molecule has 0 radical (unpaired) electrons. The standard InChI is InChI=1S/C29H32BrF2N7O3/c1-42-29-33-15-18-14-21(34-28(18)37-29)19-2-4-22(35-26(19)31)38-10-6-16(7-11-38)24(40)25(41)17-8-12-39(13-9-17)23-5-3-20(30)27(32)36-23/h2-5,14-17,24-25,40-41H,6-13H2,1H3,(H,33,34,37). The molecule has 6 rings (SSSR count). The minimum atomic E-state index is -0.845. The number of ether oxygens (including phenoxy) is 1. The number of pyridine rings is 2. The van der Waals surface area contributed by atoms with E-state index in [9.17, 15) is 14.6 Å². The van der Waals surface area contributed by atoms with E-state index in [0.29, 0.717) is 84.9 Å². The number of nitrogens with zero attached hydrogens (tertiary/aromatic N) is 6. The van der Waals surface area contributed by atoms with Crippen LogP contribution >= 0.6 is 15.9 Å². The molecule has 6 heterocycles. The second kappa shape index (κ2) is 12.1. The molecule has 2 aliphatic heterocycles. The quantitative estimate of drug-likeness (QED) is 0.253. The average molecular weight is 645 g/mol. The molecule has 3 N–H and O–H groups in total. The minimum absolute atomic E-state index is 0.0467. The Bertz CT molecular complexity index is 1560. The summed E-state index contributed by atoms with van der Waals surface area (Å²) in [6, 6.07) is 8.90. The number of anilines is 2. The first-order chi connectivity index (χ1) is 20.3. The lowest BCUT2D eigenvalue weighted by atomic mass is 9.81. The van der Waals surface area contributed by atoms with Gasteiger partial charge in [0.1, 0.15) is 17.3 Å². The predicted molar refractivity (Wildman–Crippen MR) is 157 cm³/mol. The van der Waals surface area contributed by atoms with Crippen LogP contribution in [0.4, 0.5) is 20.4 Å². The van der Waals surface area contributed by atoms with Crippen LogP contribution in [-0.2, 0) is 0 Å². The number of halogens is 3. The van der Waals surface area contributed by atoms with Crippen LogP contribution in [-0.4, -0.2) is 80.6 Å². The third-order valence-electron chi connectivity index (χ3n) is 8.49. The lowest BCUT2D eigenvalue weighted by Crippen LogP contribution is -2.47. The van der Waals surface area contributed by atoms with Crippen molar-refractivity contribution in [2.24, 2.45) is 11.8 Å². The Morgan fingerprint density at radius 2 is 1.45 bits per heavy atom. The van der Waals surface area contributed by atoms with Gasteiger partial charge in [-0.2, -0.15) is 13.8 Å². The summed E-state index contributed by atoms with van der Waals surface area (Å²) in [5.41, 5.74) is 1.42. The molecule has 0 saturated carbocycles. The predicted octanol–water partition coefficient (Wildman–Crippen LogP) is 4.32. The van der Waals surface area contributed by atoms with Gasteiger partial charge in [-0.1, -0.05) is 0 Å². The summed E-state index contributed by atoms with van der Waals surface area (Å²) in [6.07, 6.45) is 2.62. The van der Waals surface area contributed by atoms with E-state index in [0.717, 1.165) is 5.39 Å². The van der Waals surface area contributed by atoms with Crippen molar-refractivity contribution in [2.75, 3.05) is 43.1 Å². The summed E-state index contributed by atoms with van der Waals surface area (Å²) in [5.74, 6) is -0.140. The van der Waals surface area contributed by atoms with Gasteiger partial charge in [-0.05, 0) is 83.8 Å². The SMILES string of the molecule is COc1ncc2cc(-c3ccc(N4CCC(C(O)C(O)C5CCN(c6ccc(Br)c(F)n6)CC5)CC4)nc3F)[nH]c2n1. The number of fused-ring (bicyclic) bond motifs is 1. The molecule has 13 heteroatoms. The molecular formula is C29H32BrF2N7O3. The Hall–Kier alpha value is -3.42. The van der Waals surface area contributed by atoms with Crippen LogP contribution < -0.4 is 14.5 Å². The van der Waals surface area contributed by atoms with E-state index in [1.807, 2.05) is 9.80 Å². The summed E-state index contributed by atoms with van der Waals surface area (Å²) >= 11 is 3.13. The van der Waals surface area contributed by atoms with Gasteiger partial charge in [0.05, 0.1) is 35.0 Å². The van der Waals surface area contributed by atoms with E-state index in [1.165, 1.54) is 7.11 Å². The van der Waals surface area contributed by atoms with Crippen molar-refractivity contribution >= 4 is 38.6 Å². The van der Waals surface area contributed by atoms with Crippen LogP contribution in [0.2, 0.25) is 0 Å². The fourth-order valence-electron chi connectivity index (χ4n) is 6.03. The summed E-state index contributed by atoms with van der Waals surface area (Å²) in [6.45, 7) is 2.46. The number of H-pyrrole nitrogens is 1. The number of aromatic nitrogens is 5. The van der Waals surface area contributed by atoms with Crippen molar-refractivity contribution in [3.8, 4) is 17.3 Å². The molecule has 0 spiro atoms. The van der Waals surface area contributed by atoms with E-state index < -0.39 is 24.1 Å². The zero-order valence-corrected chi connectivity index (χ0v) is 24.6. The van der Waals surface area contributed by atoms with Crippen LogP contribution in [0.15, 0.2) is 41.0 Å². The van der Waals surface area contributed by atoms with Gasteiger partial charge in [-0.3, -0.25) is 0 Å². The number of rotatable bonds is 7. The third kappa shape index (κ3) is 5.77. The second-order valence-electron chi connectivity index (χ2n) is 10.9. The van der Waals surface area contributed by atoms with Gasteiger partial charge in [0.25, 0.3) is 0 Å². The molecule has 4 aromatic heterocycles. The number of nitrogens with one attached hydrogen (secondary N) is 1. The minimum Gasteiger partial charge on any atom is -0.467 e. The second-order valence-corrected chi connectivity index (χ2v) is 11.8. The fourth-order valence-corrected chi connectivity index (χ4v) is 6.25. The van der Waals surface area contributed by atoms with Crippen molar-refractivity contribution in [1.82, 2.24) is 24.9 Å². The monoisotopic (exact) mass is 643 g/mol. The highest BCUT2D eigenvalue weighted by Gasteiger charge is 2.36. The fraction of sp³-hybridized carbons (Fsp3) is 0.448. The first-order valence-electron chi connectivity index (χ1n) is 14.1. The van der Waals surface area contributed by atoms with Gasteiger partial charge in [0, 0.05) is 37.8 Å². The van der Waals surface area contributed by atoms with Gasteiger partial charge < -0.3 is 29.7 Å². The number of aliphatic hydroxyl groups excluding tert-OH is 2. The van der Waals surface area contributed by atoms with Crippen LogP contribution in [0.1, 0.15) is 25.7 Å². The highest BCUT2D eigenvalue weighted by molar-refractivity contribution is 9.10. The zero-order chi connectivity index (χ0) is 29.4. The number of aromatic amines is 1. The Balaban J connectivity index is 1.03. The molecule has 2 fully saturated rings. The normalized spacial score (nSPS) is 18.4. The van der Waals surface area contributed by atoms with Crippen molar-refractivity contribution in [1.29, 1.82) is 0 Å². The Kier molecular flexibility index (Phi) is 8.24. The van der Waals surface area contributed by atoms with Crippen molar-refractivity contribution in [3.05, 3.63) is 52.9 Å². The molecule has 0 bridgehead atoms. The lowest BCUT2D eigenvalue weighted by Gasteiger charge is -2.40. The highest BCUT2D eigenvalue weighted by Crippen LogP contribution is 2.33. The van der Waals surface area contributed by atoms with Gasteiger partial charge in [-0.25, -0.2) is 15.0 Å². The first-order valence-corrected chi connectivity index (χ1v) is 14.8. The van der Waals surface area contributed by atoms with Crippen molar-refractivity contribution in [3.63, 3.8) is 0 Å². The molecule has 2 unspecified atom stereocenters. The van der Waals surface area contributed by atoms with Crippen molar-refractivity contribution in [2.45, 2.75) is 37.9 Å². The van der Waals surface area contributed by atoms with Crippen LogP contribution in [0.3, 0.4) is 0 Å². The maximum absolute atomic E-state index is 15.1. The summed E-state index contributed by atoms with van der Waals surface area (Å²) in [7, 11) is 1.48. The van der Waals surface area contributed by atoms with Crippen molar-refractivity contribution < 1.29 is 23.7 Å². The van der Waals surface area contributed by atoms with E-state index in [-0.39, 0.29) is 17.8 Å². The maximum Gasteiger partial charge on any atom is 0.318 e. The van der Waals surface area contributed by atoms with Gasteiger partial charge >= 0.3 is 6.01 Å². The molecule has 0 amide bonds. The highest BCUT2D eigenvalue weighted by atomic mass is 79.9. The molecule has 0 aromatic carbocycles. The summed E-state index contributed by atoms with van der Waals surface area (Å²) in [5, 5.41) is 22.8. The molecule has 10 nitrogen and oxygen atoms in total.